The molecule has 0 aliphatic carbocycles. The first-order valence-electron chi connectivity index (χ1n) is 7.01. The van der Waals surface area contributed by atoms with Crippen LogP contribution in [0.2, 0.25) is 0 Å². The van der Waals surface area contributed by atoms with Crippen molar-refractivity contribution < 1.29 is 4.39 Å². The number of nitrogens with two attached hydrogens (primary N) is 1. The van der Waals surface area contributed by atoms with Crippen LogP contribution in [0.4, 0.5) is 15.8 Å². The second kappa shape index (κ2) is 5.85. The van der Waals surface area contributed by atoms with Crippen molar-refractivity contribution in [1.82, 2.24) is 9.88 Å². The maximum absolute atomic E-state index is 14.2. The van der Waals surface area contributed by atoms with Gasteiger partial charge in [-0.05, 0) is 37.7 Å². The monoisotopic (exact) mass is 290 g/mol. The van der Waals surface area contributed by atoms with Crippen LogP contribution in [0, 0.1) is 11.2 Å². The van der Waals surface area contributed by atoms with Crippen molar-refractivity contribution in [2.45, 2.75) is 13.8 Å². The van der Waals surface area contributed by atoms with Gasteiger partial charge in [0.1, 0.15) is 0 Å². The number of aromatic nitrogens is 1. The molecule has 0 atom stereocenters. The molecule has 0 unspecified atom stereocenters. The molecule has 0 spiro atoms. The third-order valence-corrected chi connectivity index (χ3v) is 3.36. The summed E-state index contributed by atoms with van der Waals surface area (Å²) in [5.41, 5.74) is 7.28. The Morgan fingerprint density at radius 1 is 1.38 bits per heavy atom. The molecule has 1 heterocycles. The summed E-state index contributed by atoms with van der Waals surface area (Å²) < 4.78 is 14.2. The zero-order valence-corrected chi connectivity index (χ0v) is 13.1. The van der Waals surface area contributed by atoms with Gasteiger partial charge in [-0.2, -0.15) is 0 Å². The first kappa shape index (κ1) is 15.5. The fourth-order valence-corrected chi connectivity index (χ4v) is 2.64. The molecule has 0 saturated carbocycles. The van der Waals surface area contributed by atoms with Gasteiger partial charge in [-0.25, -0.2) is 4.39 Å². The number of nitrogen functional groups attached to an aromatic ring is 1. The number of benzene rings is 1. The number of halogens is 1. The largest absolute Gasteiger partial charge is 0.398 e. The smallest absolute Gasteiger partial charge is 0.150 e. The molecule has 0 radical (unpaired) electrons. The lowest BCUT2D eigenvalue weighted by Gasteiger charge is -2.29. The Labute approximate surface area is 125 Å². The van der Waals surface area contributed by atoms with Crippen LogP contribution < -0.4 is 11.1 Å². The maximum Gasteiger partial charge on any atom is 0.150 e. The quantitative estimate of drug-likeness (QED) is 0.831. The molecule has 3 N–H and O–H groups in total. The van der Waals surface area contributed by atoms with Crippen LogP contribution in [0.15, 0.2) is 24.4 Å². The number of hydrogen-bond acceptors (Lipinski definition) is 4. The van der Waals surface area contributed by atoms with Gasteiger partial charge >= 0.3 is 0 Å². The average Bonchev–Trinajstić information content (AvgIpc) is 2.36. The molecule has 0 fully saturated rings. The molecule has 1 aromatic carbocycles. The summed E-state index contributed by atoms with van der Waals surface area (Å²) in [4.78, 5) is 6.39. The lowest BCUT2D eigenvalue weighted by molar-refractivity contribution is 0.254. The number of pyridine rings is 1. The number of rotatable bonds is 5. The highest BCUT2D eigenvalue weighted by molar-refractivity contribution is 5.98. The van der Waals surface area contributed by atoms with E-state index in [4.69, 9.17) is 5.73 Å². The van der Waals surface area contributed by atoms with E-state index in [0.717, 1.165) is 11.9 Å². The minimum Gasteiger partial charge on any atom is -0.398 e. The summed E-state index contributed by atoms with van der Waals surface area (Å²) in [5.74, 6) is -0.362. The summed E-state index contributed by atoms with van der Waals surface area (Å²) in [6.07, 6.45) is 1.65. The first-order chi connectivity index (χ1) is 9.80. The molecule has 21 heavy (non-hydrogen) atoms. The standard InChI is InChI=1S/C16H23FN4/c1-16(2,10-21(3)4)9-20-15-12(17)8-13(18)11-6-5-7-19-14(11)15/h5-8,20H,9-10,18H2,1-4H3. The third kappa shape index (κ3) is 3.61. The Morgan fingerprint density at radius 3 is 2.76 bits per heavy atom. The Bertz CT molecular complexity index is 637. The number of nitrogens with zero attached hydrogens (tertiary/aromatic N) is 2. The molecular weight excluding hydrogens is 267 g/mol. The average molecular weight is 290 g/mol. The number of nitrogens with one attached hydrogen (secondary N) is 1. The molecular formula is C16H23FN4. The van der Waals surface area contributed by atoms with Gasteiger partial charge in [0.05, 0.1) is 11.2 Å². The number of fused-ring (bicyclic) bond motifs is 1. The SMILES string of the molecule is CN(C)CC(C)(C)CNc1c(F)cc(N)c2cccnc12. The second-order valence-corrected chi connectivity index (χ2v) is 6.48. The van der Waals surface area contributed by atoms with Crippen molar-refractivity contribution in [3.63, 3.8) is 0 Å². The molecule has 1 aromatic heterocycles. The fraction of sp³-hybridized carbons (Fsp3) is 0.438. The van der Waals surface area contributed by atoms with Crippen LogP contribution in [0.25, 0.3) is 10.9 Å². The first-order valence-corrected chi connectivity index (χ1v) is 7.01. The van der Waals surface area contributed by atoms with Gasteiger partial charge in [0.2, 0.25) is 0 Å². The van der Waals surface area contributed by atoms with Crippen LogP contribution in [0.3, 0.4) is 0 Å². The molecule has 4 nitrogen and oxygen atoms in total. The van der Waals surface area contributed by atoms with Crippen LogP contribution in [-0.4, -0.2) is 37.1 Å². The van der Waals surface area contributed by atoms with E-state index >= 15 is 0 Å². The summed E-state index contributed by atoms with van der Waals surface area (Å²) in [7, 11) is 4.06. The zero-order chi connectivity index (χ0) is 15.6. The van der Waals surface area contributed by atoms with Gasteiger partial charge in [0.15, 0.2) is 5.82 Å². The van der Waals surface area contributed by atoms with Gasteiger partial charge in [-0.3, -0.25) is 4.98 Å². The van der Waals surface area contributed by atoms with Crippen LogP contribution in [0.5, 0.6) is 0 Å². The van der Waals surface area contributed by atoms with Gasteiger partial charge < -0.3 is 16.0 Å². The minimum atomic E-state index is -0.362. The van der Waals surface area contributed by atoms with Gasteiger partial charge in [0, 0.05) is 30.4 Å². The zero-order valence-electron chi connectivity index (χ0n) is 13.1. The predicted octanol–water partition coefficient (Wildman–Crippen LogP) is 2.96. The molecule has 2 rings (SSSR count). The van der Waals surface area contributed by atoms with E-state index in [2.05, 4.69) is 29.0 Å². The number of hydrogen-bond donors (Lipinski definition) is 2. The van der Waals surface area contributed by atoms with E-state index < -0.39 is 0 Å². The lowest BCUT2D eigenvalue weighted by atomic mass is 9.92. The summed E-state index contributed by atoms with van der Waals surface area (Å²) in [5, 5.41) is 3.98. The van der Waals surface area contributed by atoms with Crippen LogP contribution >= 0.6 is 0 Å². The van der Waals surface area contributed by atoms with Crippen molar-refractivity contribution in [3.05, 3.63) is 30.2 Å². The minimum absolute atomic E-state index is 0.0123. The van der Waals surface area contributed by atoms with E-state index in [9.17, 15) is 4.39 Å². The highest BCUT2D eigenvalue weighted by Gasteiger charge is 2.20. The van der Waals surface area contributed by atoms with E-state index in [1.807, 2.05) is 20.2 Å². The van der Waals surface area contributed by atoms with Crippen molar-refractivity contribution in [3.8, 4) is 0 Å². The van der Waals surface area contributed by atoms with Crippen molar-refractivity contribution in [1.29, 1.82) is 0 Å². The highest BCUT2D eigenvalue weighted by atomic mass is 19.1. The molecule has 114 valence electrons. The molecule has 0 aliphatic heterocycles. The molecule has 0 aliphatic rings. The van der Waals surface area contributed by atoms with Crippen molar-refractivity contribution in [2.24, 2.45) is 5.41 Å². The topological polar surface area (TPSA) is 54.2 Å². The second-order valence-electron chi connectivity index (χ2n) is 6.48. The Hall–Kier alpha value is -1.88. The van der Waals surface area contributed by atoms with E-state index in [0.29, 0.717) is 23.4 Å². The molecule has 5 heteroatoms. The molecule has 2 aromatic rings. The van der Waals surface area contributed by atoms with Gasteiger partial charge in [-0.1, -0.05) is 13.8 Å². The highest BCUT2D eigenvalue weighted by Crippen LogP contribution is 2.30. The summed E-state index contributed by atoms with van der Waals surface area (Å²) in [6, 6.07) is 5.01. The third-order valence-electron chi connectivity index (χ3n) is 3.36. The van der Waals surface area contributed by atoms with Crippen LogP contribution in [-0.2, 0) is 0 Å². The van der Waals surface area contributed by atoms with Crippen molar-refractivity contribution >= 4 is 22.3 Å². The molecule has 0 saturated heterocycles. The van der Waals surface area contributed by atoms with E-state index in [1.54, 1.807) is 12.3 Å². The summed E-state index contributed by atoms with van der Waals surface area (Å²) >= 11 is 0. The summed E-state index contributed by atoms with van der Waals surface area (Å²) in [6.45, 7) is 5.84. The van der Waals surface area contributed by atoms with Crippen molar-refractivity contribution in [2.75, 3.05) is 38.2 Å². The Balaban J connectivity index is 2.31. The number of anilines is 2. The maximum atomic E-state index is 14.2. The predicted molar refractivity (Wildman–Crippen MR) is 86.9 cm³/mol. The van der Waals surface area contributed by atoms with E-state index in [1.165, 1.54) is 6.07 Å². The molecule has 0 bridgehead atoms. The fourth-order valence-electron chi connectivity index (χ4n) is 2.64. The van der Waals surface area contributed by atoms with Crippen LogP contribution in [0.1, 0.15) is 13.8 Å². The Kier molecular flexibility index (Phi) is 4.32. The lowest BCUT2D eigenvalue weighted by Crippen LogP contribution is -2.34. The molecule has 0 amide bonds. The van der Waals surface area contributed by atoms with Gasteiger partial charge in [-0.15, -0.1) is 0 Å². The normalized spacial score (nSPS) is 12.1. The van der Waals surface area contributed by atoms with E-state index in [-0.39, 0.29) is 11.2 Å². The Morgan fingerprint density at radius 2 is 2.10 bits per heavy atom. The van der Waals surface area contributed by atoms with Gasteiger partial charge in [0.25, 0.3) is 0 Å².